The van der Waals surface area contributed by atoms with Crippen molar-refractivity contribution in [1.82, 2.24) is 4.98 Å². The fourth-order valence-electron chi connectivity index (χ4n) is 0.619. The summed E-state index contributed by atoms with van der Waals surface area (Å²) in [5.74, 6) is 0.388. The van der Waals surface area contributed by atoms with E-state index in [1.54, 1.807) is 0 Å². The Balaban J connectivity index is 3.01. The lowest BCUT2D eigenvalue weighted by atomic mass is 10.4. The number of pyridine rings is 1. The molecule has 0 aromatic carbocycles. The summed E-state index contributed by atoms with van der Waals surface area (Å²) in [6.45, 7) is 0. The highest BCUT2D eigenvalue weighted by molar-refractivity contribution is 5.33. The predicted octanol–water partition coefficient (Wildman–Crippen LogP) is 0.998. The maximum absolute atomic E-state index is 10.2. The van der Waals surface area contributed by atoms with E-state index in [-0.39, 0.29) is 5.69 Å². The van der Waals surface area contributed by atoms with Crippen LogP contribution in [-0.2, 0) is 0 Å². The number of methoxy groups -OCH3 is 1. The average Bonchev–Trinajstić information content (AvgIpc) is 2.05. The van der Waals surface area contributed by atoms with Crippen molar-refractivity contribution >= 4 is 5.69 Å². The summed E-state index contributed by atoms with van der Waals surface area (Å²) >= 11 is 0. The molecular formula is C6H6N2O3. The van der Waals surface area contributed by atoms with Crippen molar-refractivity contribution in [2.45, 2.75) is 0 Å². The van der Waals surface area contributed by atoms with Gasteiger partial charge in [-0.3, -0.25) is 15.1 Å². The minimum atomic E-state index is -0.518. The van der Waals surface area contributed by atoms with Crippen molar-refractivity contribution in [2.75, 3.05) is 7.11 Å². The second kappa shape index (κ2) is 2.96. The van der Waals surface area contributed by atoms with E-state index in [4.69, 9.17) is 4.74 Å². The first-order valence-electron chi connectivity index (χ1n) is 2.87. The number of aromatic nitrogens is 1. The Hall–Kier alpha value is -1.65. The van der Waals surface area contributed by atoms with Gasteiger partial charge in [-0.1, -0.05) is 0 Å². The smallest absolute Gasteiger partial charge is 0.291 e. The summed E-state index contributed by atoms with van der Waals surface area (Å²) in [5.41, 5.74) is -0.0654. The lowest BCUT2D eigenvalue weighted by Crippen LogP contribution is -1.90. The molecule has 0 atom stereocenters. The molecule has 0 bridgehead atoms. The second-order valence-corrected chi connectivity index (χ2v) is 1.84. The first-order chi connectivity index (χ1) is 5.24. The number of ether oxygens (including phenoxy) is 1. The molecule has 0 radical (unpaired) electrons. The van der Waals surface area contributed by atoms with Crippen molar-refractivity contribution in [3.8, 4) is 5.75 Å². The summed E-state index contributed by atoms with van der Waals surface area (Å²) in [6, 6.07) is 1.31. The molecule has 1 aromatic rings. The molecule has 0 unspecified atom stereocenters. The molecule has 0 aliphatic carbocycles. The Labute approximate surface area is 62.8 Å². The molecule has 1 aromatic heterocycles. The third-order valence-corrected chi connectivity index (χ3v) is 1.15. The minimum Gasteiger partial charge on any atom is -0.495 e. The predicted molar refractivity (Wildman–Crippen MR) is 37.4 cm³/mol. The zero-order valence-electron chi connectivity index (χ0n) is 5.85. The van der Waals surface area contributed by atoms with Gasteiger partial charge in [0.15, 0.2) is 0 Å². The van der Waals surface area contributed by atoms with Crippen molar-refractivity contribution in [3.63, 3.8) is 0 Å². The Morgan fingerprint density at radius 2 is 2.36 bits per heavy atom. The largest absolute Gasteiger partial charge is 0.495 e. The molecule has 5 heteroatoms. The van der Waals surface area contributed by atoms with E-state index in [1.165, 1.54) is 25.6 Å². The van der Waals surface area contributed by atoms with Crippen LogP contribution in [0.25, 0.3) is 0 Å². The zero-order chi connectivity index (χ0) is 8.27. The van der Waals surface area contributed by atoms with Crippen LogP contribution in [0, 0.1) is 10.1 Å². The van der Waals surface area contributed by atoms with Crippen molar-refractivity contribution in [3.05, 3.63) is 28.6 Å². The zero-order valence-corrected chi connectivity index (χ0v) is 5.85. The number of hydrogen-bond donors (Lipinski definition) is 0. The molecule has 1 rings (SSSR count). The van der Waals surface area contributed by atoms with E-state index in [0.717, 1.165) is 0 Å². The molecule has 0 fully saturated rings. The van der Waals surface area contributed by atoms with Crippen LogP contribution in [0.2, 0.25) is 0 Å². The van der Waals surface area contributed by atoms with Crippen molar-refractivity contribution in [2.24, 2.45) is 0 Å². The van der Waals surface area contributed by atoms with Gasteiger partial charge in [0.1, 0.15) is 11.9 Å². The molecule has 58 valence electrons. The normalized spacial score (nSPS) is 9.18. The van der Waals surface area contributed by atoms with Gasteiger partial charge in [-0.15, -0.1) is 0 Å². The maximum atomic E-state index is 10.2. The first kappa shape index (κ1) is 7.46. The monoisotopic (exact) mass is 154 g/mol. The van der Waals surface area contributed by atoms with E-state index in [9.17, 15) is 10.1 Å². The van der Waals surface area contributed by atoms with Crippen LogP contribution < -0.4 is 4.74 Å². The summed E-state index contributed by atoms with van der Waals surface area (Å²) in [6.07, 6.45) is 2.58. The molecule has 0 aliphatic heterocycles. The highest BCUT2D eigenvalue weighted by atomic mass is 16.6. The SMILES string of the molecule is COc1cncc([N+](=O)[O-])c1. The fourth-order valence-corrected chi connectivity index (χ4v) is 0.619. The first-order valence-corrected chi connectivity index (χ1v) is 2.87. The van der Waals surface area contributed by atoms with Crippen LogP contribution >= 0.6 is 0 Å². The van der Waals surface area contributed by atoms with Gasteiger partial charge in [0, 0.05) is 0 Å². The second-order valence-electron chi connectivity index (χ2n) is 1.84. The van der Waals surface area contributed by atoms with E-state index in [1.807, 2.05) is 0 Å². The van der Waals surface area contributed by atoms with Crippen LogP contribution in [0.4, 0.5) is 5.69 Å². The van der Waals surface area contributed by atoms with Crippen molar-refractivity contribution in [1.29, 1.82) is 0 Å². The lowest BCUT2D eigenvalue weighted by molar-refractivity contribution is -0.385. The van der Waals surface area contributed by atoms with Gasteiger partial charge >= 0.3 is 0 Å². The van der Waals surface area contributed by atoms with Crippen LogP contribution in [0.15, 0.2) is 18.5 Å². The Bertz CT molecular complexity index is 274. The Kier molecular flexibility index (Phi) is 2.00. The maximum Gasteiger partial charge on any atom is 0.291 e. The standard InChI is InChI=1S/C6H6N2O3/c1-11-6-2-5(8(9)10)3-7-4-6/h2-4H,1H3. The molecule has 0 spiro atoms. The summed E-state index contributed by atoms with van der Waals surface area (Å²) in [5, 5.41) is 10.2. The van der Waals surface area contributed by atoms with Gasteiger partial charge in [-0.05, 0) is 0 Å². The quantitative estimate of drug-likeness (QED) is 0.470. The van der Waals surface area contributed by atoms with E-state index in [0.29, 0.717) is 5.75 Å². The molecule has 0 saturated carbocycles. The topological polar surface area (TPSA) is 65.3 Å². The summed E-state index contributed by atoms with van der Waals surface area (Å²) < 4.78 is 4.74. The molecule has 0 amide bonds. The van der Waals surface area contributed by atoms with Gasteiger partial charge in [0.05, 0.1) is 24.3 Å². The van der Waals surface area contributed by atoms with Crippen LogP contribution in [0.3, 0.4) is 0 Å². The number of hydrogen-bond acceptors (Lipinski definition) is 4. The molecule has 11 heavy (non-hydrogen) atoms. The van der Waals surface area contributed by atoms with Gasteiger partial charge in [-0.2, -0.15) is 0 Å². The average molecular weight is 154 g/mol. The highest BCUT2D eigenvalue weighted by Gasteiger charge is 2.05. The molecule has 5 nitrogen and oxygen atoms in total. The fraction of sp³-hybridized carbons (Fsp3) is 0.167. The minimum absolute atomic E-state index is 0.0654. The van der Waals surface area contributed by atoms with Gasteiger partial charge in [0.2, 0.25) is 0 Å². The van der Waals surface area contributed by atoms with E-state index < -0.39 is 4.92 Å². The molecule has 1 heterocycles. The van der Waals surface area contributed by atoms with Gasteiger partial charge < -0.3 is 4.74 Å². The lowest BCUT2D eigenvalue weighted by Gasteiger charge is -1.95. The number of rotatable bonds is 2. The molecule has 0 saturated heterocycles. The molecular weight excluding hydrogens is 148 g/mol. The van der Waals surface area contributed by atoms with Crippen LogP contribution in [0.1, 0.15) is 0 Å². The summed E-state index contributed by atoms with van der Waals surface area (Å²) in [7, 11) is 1.43. The summed E-state index contributed by atoms with van der Waals surface area (Å²) in [4.78, 5) is 13.3. The van der Waals surface area contributed by atoms with Crippen LogP contribution in [-0.4, -0.2) is 17.0 Å². The Morgan fingerprint density at radius 3 is 2.91 bits per heavy atom. The molecule has 0 aliphatic rings. The van der Waals surface area contributed by atoms with Gasteiger partial charge in [-0.25, -0.2) is 0 Å². The molecule has 0 N–H and O–H groups in total. The third kappa shape index (κ3) is 1.64. The third-order valence-electron chi connectivity index (χ3n) is 1.15. The number of nitro groups is 1. The van der Waals surface area contributed by atoms with E-state index >= 15 is 0 Å². The van der Waals surface area contributed by atoms with E-state index in [2.05, 4.69) is 4.98 Å². The highest BCUT2D eigenvalue weighted by Crippen LogP contribution is 2.15. The van der Waals surface area contributed by atoms with Gasteiger partial charge in [0.25, 0.3) is 5.69 Å². The Morgan fingerprint density at radius 1 is 1.64 bits per heavy atom. The van der Waals surface area contributed by atoms with Crippen LogP contribution in [0.5, 0.6) is 5.75 Å². The number of nitrogens with zero attached hydrogens (tertiary/aromatic N) is 2. The van der Waals surface area contributed by atoms with Crippen molar-refractivity contribution < 1.29 is 9.66 Å².